The van der Waals surface area contributed by atoms with Gasteiger partial charge in [0.25, 0.3) is 0 Å². The third kappa shape index (κ3) is 6.14. The summed E-state index contributed by atoms with van der Waals surface area (Å²) in [5.41, 5.74) is 2.01. The number of rotatable bonds is 10. The second-order valence-electron chi connectivity index (χ2n) is 5.92. The van der Waals surface area contributed by atoms with E-state index in [-0.39, 0.29) is 0 Å². The number of para-hydroxylation sites is 1. The average Bonchev–Trinajstić information content (AvgIpc) is 2.67. The minimum absolute atomic E-state index is 0.723. The molecule has 2 aromatic carbocycles. The van der Waals surface area contributed by atoms with Gasteiger partial charge < -0.3 is 9.47 Å². The van der Waals surface area contributed by atoms with Crippen molar-refractivity contribution in [2.45, 2.75) is 32.6 Å². The maximum Gasteiger partial charge on any atom is 0.161 e. The van der Waals surface area contributed by atoms with Gasteiger partial charge in [0.2, 0.25) is 0 Å². The molecule has 0 amide bonds. The van der Waals surface area contributed by atoms with Crippen LogP contribution < -0.4 is 14.5 Å². The zero-order valence-electron chi connectivity index (χ0n) is 15.4. The van der Waals surface area contributed by atoms with Crippen LogP contribution in [0, 0.1) is 0 Å². The van der Waals surface area contributed by atoms with Crippen LogP contribution in [0.3, 0.4) is 0 Å². The average molecular weight is 340 g/mol. The van der Waals surface area contributed by atoms with Gasteiger partial charge in [-0.1, -0.05) is 44.4 Å². The van der Waals surface area contributed by atoms with Crippen LogP contribution in [0.4, 0.5) is 5.69 Å². The lowest BCUT2D eigenvalue weighted by Crippen LogP contribution is -2.08. The van der Waals surface area contributed by atoms with Crippen LogP contribution >= 0.6 is 0 Å². The van der Waals surface area contributed by atoms with Gasteiger partial charge >= 0.3 is 0 Å². The van der Waals surface area contributed by atoms with Gasteiger partial charge in [-0.3, -0.25) is 5.01 Å². The first-order chi connectivity index (χ1) is 12.2. The van der Waals surface area contributed by atoms with Crippen molar-refractivity contribution in [1.29, 1.82) is 0 Å². The zero-order valence-corrected chi connectivity index (χ0v) is 15.4. The highest BCUT2D eigenvalue weighted by molar-refractivity contribution is 5.81. The summed E-state index contributed by atoms with van der Waals surface area (Å²) in [4.78, 5) is 0. The number of hydrogen-bond donors (Lipinski definition) is 0. The van der Waals surface area contributed by atoms with Crippen LogP contribution in [0.5, 0.6) is 11.5 Å². The SMILES string of the molecule is CCCCCCOc1ccc(/C=N\N(C)c2ccccc2)cc1OC. The lowest BCUT2D eigenvalue weighted by molar-refractivity contribution is 0.285. The standard InChI is InChI=1S/C21H28N2O2/c1-4-5-6-10-15-25-20-14-13-18(16-21(20)24-3)17-22-23(2)19-11-8-7-9-12-19/h7-9,11-14,16-17H,4-6,10,15H2,1-3H3/b22-17-. The molecule has 0 saturated carbocycles. The summed E-state index contributed by atoms with van der Waals surface area (Å²) in [6.45, 7) is 2.93. The lowest BCUT2D eigenvalue weighted by Gasteiger charge is -2.13. The van der Waals surface area contributed by atoms with Gasteiger partial charge in [-0.25, -0.2) is 0 Å². The van der Waals surface area contributed by atoms with E-state index in [1.165, 1.54) is 19.3 Å². The fourth-order valence-corrected chi connectivity index (χ4v) is 2.46. The first kappa shape index (κ1) is 18.8. The molecule has 0 aliphatic rings. The molecule has 0 aliphatic carbocycles. The predicted molar refractivity (Wildman–Crippen MR) is 105 cm³/mol. The Labute approximate surface area is 151 Å². The molecule has 0 atom stereocenters. The normalized spacial score (nSPS) is 10.8. The minimum atomic E-state index is 0.723. The van der Waals surface area contributed by atoms with Crippen molar-refractivity contribution in [3.8, 4) is 11.5 Å². The van der Waals surface area contributed by atoms with Crippen LogP contribution in [0.2, 0.25) is 0 Å². The molecular formula is C21H28N2O2. The Balaban J connectivity index is 1.97. The Bertz CT molecular complexity index is 656. The summed E-state index contributed by atoms with van der Waals surface area (Å²) < 4.78 is 11.3. The molecule has 4 nitrogen and oxygen atoms in total. The van der Waals surface area contributed by atoms with Crippen LogP contribution in [-0.4, -0.2) is 27.0 Å². The topological polar surface area (TPSA) is 34.1 Å². The van der Waals surface area contributed by atoms with Gasteiger partial charge in [-0.2, -0.15) is 5.10 Å². The summed E-state index contributed by atoms with van der Waals surface area (Å²) in [7, 11) is 3.59. The van der Waals surface area contributed by atoms with Crippen molar-refractivity contribution >= 4 is 11.9 Å². The highest BCUT2D eigenvalue weighted by atomic mass is 16.5. The number of methoxy groups -OCH3 is 1. The Hall–Kier alpha value is -2.49. The van der Waals surface area contributed by atoms with Gasteiger partial charge in [0.1, 0.15) is 0 Å². The van der Waals surface area contributed by atoms with Crippen molar-refractivity contribution in [1.82, 2.24) is 0 Å². The number of hydrogen-bond acceptors (Lipinski definition) is 4. The van der Waals surface area contributed by atoms with Crippen LogP contribution in [0.15, 0.2) is 53.6 Å². The van der Waals surface area contributed by atoms with E-state index in [0.717, 1.165) is 35.8 Å². The largest absolute Gasteiger partial charge is 0.493 e. The van der Waals surface area contributed by atoms with E-state index in [0.29, 0.717) is 0 Å². The summed E-state index contributed by atoms with van der Waals surface area (Å²) in [5, 5.41) is 6.32. The maximum atomic E-state index is 5.84. The van der Waals surface area contributed by atoms with E-state index in [1.54, 1.807) is 7.11 Å². The quantitative estimate of drug-likeness (QED) is 0.342. The summed E-state index contributed by atoms with van der Waals surface area (Å²) >= 11 is 0. The van der Waals surface area contributed by atoms with Gasteiger partial charge in [0.15, 0.2) is 11.5 Å². The molecular weight excluding hydrogens is 312 g/mol. The molecule has 0 fully saturated rings. The molecule has 0 saturated heterocycles. The van der Waals surface area contributed by atoms with Crippen molar-refractivity contribution < 1.29 is 9.47 Å². The molecule has 2 aromatic rings. The van der Waals surface area contributed by atoms with Gasteiger partial charge in [0, 0.05) is 7.05 Å². The van der Waals surface area contributed by atoms with E-state index in [1.807, 2.05) is 66.8 Å². The molecule has 25 heavy (non-hydrogen) atoms. The molecule has 2 rings (SSSR count). The molecule has 0 heterocycles. The Kier molecular flexibility index (Phi) is 7.83. The fourth-order valence-electron chi connectivity index (χ4n) is 2.46. The monoisotopic (exact) mass is 340 g/mol. The molecule has 4 heteroatoms. The second-order valence-corrected chi connectivity index (χ2v) is 5.92. The Morgan fingerprint density at radius 3 is 2.52 bits per heavy atom. The number of hydrazone groups is 1. The van der Waals surface area contributed by atoms with Crippen molar-refractivity contribution in [2.24, 2.45) is 5.10 Å². The Morgan fingerprint density at radius 2 is 1.80 bits per heavy atom. The van der Waals surface area contributed by atoms with E-state index in [9.17, 15) is 0 Å². The lowest BCUT2D eigenvalue weighted by atomic mass is 10.2. The van der Waals surface area contributed by atoms with Crippen LogP contribution in [0.1, 0.15) is 38.2 Å². The third-order valence-corrected chi connectivity index (χ3v) is 3.95. The smallest absolute Gasteiger partial charge is 0.161 e. The minimum Gasteiger partial charge on any atom is -0.493 e. The molecule has 0 radical (unpaired) electrons. The number of anilines is 1. The highest BCUT2D eigenvalue weighted by Gasteiger charge is 2.05. The number of ether oxygens (including phenoxy) is 2. The molecule has 134 valence electrons. The number of benzene rings is 2. The molecule has 0 unspecified atom stereocenters. The molecule has 0 spiro atoms. The molecule has 0 aromatic heterocycles. The number of nitrogens with zero attached hydrogens (tertiary/aromatic N) is 2. The van der Waals surface area contributed by atoms with E-state index in [2.05, 4.69) is 12.0 Å². The van der Waals surface area contributed by atoms with Crippen molar-refractivity contribution in [3.63, 3.8) is 0 Å². The molecule has 0 bridgehead atoms. The maximum absolute atomic E-state index is 5.84. The molecule has 0 aliphatic heterocycles. The first-order valence-electron chi connectivity index (χ1n) is 8.88. The summed E-state index contributed by atoms with van der Waals surface area (Å²) in [5.74, 6) is 1.52. The van der Waals surface area contributed by atoms with Crippen molar-refractivity contribution in [2.75, 3.05) is 25.8 Å². The molecule has 0 N–H and O–H groups in total. The predicted octanol–water partition coefficient (Wildman–Crippen LogP) is 5.12. The van der Waals surface area contributed by atoms with Gasteiger partial charge in [-0.05, 0) is 42.3 Å². The van der Waals surface area contributed by atoms with E-state index < -0.39 is 0 Å². The van der Waals surface area contributed by atoms with Crippen molar-refractivity contribution in [3.05, 3.63) is 54.1 Å². The summed E-state index contributed by atoms with van der Waals surface area (Å²) in [6.07, 6.45) is 6.58. The Morgan fingerprint density at radius 1 is 1.00 bits per heavy atom. The number of unbranched alkanes of at least 4 members (excludes halogenated alkanes) is 3. The zero-order chi connectivity index (χ0) is 17.9. The van der Waals surface area contributed by atoms with E-state index >= 15 is 0 Å². The van der Waals surface area contributed by atoms with Gasteiger partial charge in [-0.15, -0.1) is 0 Å². The first-order valence-corrected chi connectivity index (χ1v) is 8.88. The van der Waals surface area contributed by atoms with Crippen LogP contribution in [0.25, 0.3) is 0 Å². The van der Waals surface area contributed by atoms with E-state index in [4.69, 9.17) is 9.47 Å². The third-order valence-electron chi connectivity index (χ3n) is 3.95. The fraction of sp³-hybridized carbons (Fsp3) is 0.381. The highest BCUT2D eigenvalue weighted by Crippen LogP contribution is 2.28. The summed E-state index contributed by atoms with van der Waals surface area (Å²) in [6, 6.07) is 15.9. The van der Waals surface area contributed by atoms with Gasteiger partial charge in [0.05, 0.1) is 25.6 Å². The second kappa shape index (κ2) is 10.4. The van der Waals surface area contributed by atoms with Crippen LogP contribution in [-0.2, 0) is 0 Å².